The van der Waals surface area contributed by atoms with E-state index >= 15 is 0 Å². The molecule has 0 unspecified atom stereocenters. The van der Waals surface area contributed by atoms with Gasteiger partial charge in [0.15, 0.2) is 5.82 Å². The molecule has 2 aromatic rings. The molecule has 0 radical (unpaired) electrons. The van der Waals surface area contributed by atoms with E-state index in [2.05, 4.69) is 4.98 Å². The van der Waals surface area contributed by atoms with Gasteiger partial charge >= 0.3 is 6.55 Å². The first-order chi connectivity index (χ1) is 9.11. The number of aliphatic hydroxyl groups is 1. The van der Waals surface area contributed by atoms with Crippen LogP contribution >= 0.6 is 0 Å². The second kappa shape index (κ2) is 5.79. The lowest BCUT2D eigenvalue weighted by atomic mass is 10.1. The van der Waals surface area contributed by atoms with E-state index in [0.717, 1.165) is 10.1 Å². The molecule has 1 heterocycles. The molecule has 0 bridgehead atoms. The Kier molecular flexibility index (Phi) is 4.11. The minimum atomic E-state index is -2.64. The Bertz CT molecular complexity index is 555. The zero-order chi connectivity index (χ0) is 13.8. The lowest BCUT2D eigenvalue weighted by molar-refractivity contribution is 0.0631. The SMILES string of the molecule is Cc1ccc(OCc2nccn2C(F)F)c(CO)c1. The Labute approximate surface area is 109 Å². The fraction of sp³-hybridized carbons (Fsp3) is 0.308. The van der Waals surface area contributed by atoms with E-state index in [9.17, 15) is 13.9 Å². The second-order valence-electron chi connectivity index (χ2n) is 4.09. The lowest BCUT2D eigenvalue weighted by Gasteiger charge is -2.11. The molecule has 1 aromatic carbocycles. The van der Waals surface area contributed by atoms with Crippen LogP contribution < -0.4 is 4.74 Å². The van der Waals surface area contributed by atoms with Crippen molar-refractivity contribution in [3.05, 3.63) is 47.5 Å². The molecule has 2 rings (SSSR count). The molecule has 4 nitrogen and oxygen atoms in total. The third-order valence-electron chi connectivity index (χ3n) is 2.70. The number of nitrogens with zero attached hydrogens (tertiary/aromatic N) is 2. The van der Waals surface area contributed by atoms with E-state index in [0.29, 0.717) is 11.3 Å². The number of aromatic nitrogens is 2. The van der Waals surface area contributed by atoms with Crippen LogP contribution in [0.15, 0.2) is 30.6 Å². The zero-order valence-corrected chi connectivity index (χ0v) is 10.4. The quantitative estimate of drug-likeness (QED) is 0.906. The number of halogens is 2. The molecule has 0 aliphatic heterocycles. The fourth-order valence-electron chi connectivity index (χ4n) is 1.75. The van der Waals surface area contributed by atoms with Crippen molar-refractivity contribution in [1.82, 2.24) is 9.55 Å². The minimum absolute atomic E-state index is 0.0760. The molecule has 102 valence electrons. The van der Waals surface area contributed by atoms with Gasteiger partial charge in [0.1, 0.15) is 12.4 Å². The number of rotatable bonds is 5. The molecule has 0 saturated heterocycles. The van der Waals surface area contributed by atoms with E-state index in [4.69, 9.17) is 4.74 Å². The van der Waals surface area contributed by atoms with Crippen LogP contribution in [0.4, 0.5) is 8.78 Å². The van der Waals surface area contributed by atoms with Gasteiger partial charge in [0.25, 0.3) is 0 Å². The number of aryl methyl sites for hydroxylation is 1. The average molecular weight is 268 g/mol. The van der Waals surface area contributed by atoms with Crippen LogP contribution in [-0.2, 0) is 13.2 Å². The predicted octanol–water partition coefficient (Wildman–Crippen LogP) is 2.66. The van der Waals surface area contributed by atoms with Crippen molar-refractivity contribution in [2.75, 3.05) is 0 Å². The molecule has 0 atom stereocenters. The second-order valence-corrected chi connectivity index (χ2v) is 4.09. The summed E-state index contributed by atoms with van der Waals surface area (Å²) in [5.41, 5.74) is 1.61. The van der Waals surface area contributed by atoms with Crippen molar-refractivity contribution < 1.29 is 18.6 Å². The van der Waals surface area contributed by atoms with Crippen molar-refractivity contribution in [2.24, 2.45) is 0 Å². The highest BCUT2D eigenvalue weighted by Gasteiger charge is 2.12. The number of alkyl halides is 2. The van der Waals surface area contributed by atoms with Crippen molar-refractivity contribution in [3.63, 3.8) is 0 Å². The average Bonchev–Trinajstić information content (AvgIpc) is 2.85. The van der Waals surface area contributed by atoms with E-state index in [1.54, 1.807) is 12.1 Å². The van der Waals surface area contributed by atoms with Gasteiger partial charge in [-0.2, -0.15) is 8.78 Å². The van der Waals surface area contributed by atoms with Crippen LogP contribution in [-0.4, -0.2) is 14.7 Å². The highest BCUT2D eigenvalue weighted by Crippen LogP contribution is 2.21. The number of hydrogen-bond acceptors (Lipinski definition) is 3. The third kappa shape index (κ3) is 3.08. The number of hydrogen-bond donors (Lipinski definition) is 1. The van der Waals surface area contributed by atoms with Crippen LogP contribution in [0.1, 0.15) is 23.5 Å². The topological polar surface area (TPSA) is 47.3 Å². The smallest absolute Gasteiger partial charge is 0.320 e. The minimum Gasteiger partial charge on any atom is -0.485 e. The standard InChI is InChI=1S/C13H14F2N2O2/c1-9-2-3-11(10(6-9)7-18)19-8-12-16-4-5-17(12)13(14)15/h2-6,13,18H,7-8H2,1H3. The van der Waals surface area contributed by atoms with Crippen LogP contribution in [0, 0.1) is 6.92 Å². The van der Waals surface area contributed by atoms with Gasteiger partial charge in [-0.05, 0) is 13.0 Å². The van der Waals surface area contributed by atoms with Crippen molar-refractivity contribution in [3.8, 4) is 5.75 Å². The third-order valence-corrected chi connectivity index (χ3v) is 2.70. The normalized spacial score (nSPS) is 11.0. The molecule has 0 saturated carbocycles. The van der Waals surface area contributed by atoms with Gasteiger partial charge in [0.05, 0.1) is 6.61 Å². The van der Waals surface area contributed by atoms with Gasteiger partial charge in [-0.1, -0.05) is 17.7 Å². The summed E-state index contributed by atoms with van der Waals surface area (Å²) in [6, 6.07) is 5.32. The molecule has 0 aliphatic rings. The number of imidazole rings is 1. The maximum atomic E-state index is 12.6. The maximum Gasteiger partial charge on any atom is 0.320 e. The first kappa shape index (κ1) is 13.5. The summed E-state index contributed by atoms with van der Waals surface area (Å²) in [5, 5.41) is 9.22. The molecular formula is C13H14F2N2O2. The van der Waals surface area contributed by atoms with E-state index in [1.807, 2.05) is 13.0 Å². The van der Waals surface area contributed by atoms with E-state index in [-0.39, 0.29) is 19.0 Å². The van der Waals surface area contributed by atoms with Crippen molar-refractivity contribution >= 4 is 0 Å². The molecule has 0 amide bonds. The summed E-state index contributed by atoms with van der Waals surface area (Å²) in [4.78, 5) is 3.82. The van der Waals surface area contributed by atoms with E-state index < -0.39 is 6.55 Å². The first-order valence-electron chi connectivity index (χ1n) is 5.75. The van der Waals surface area contributed by atoms with Crippen LogP contribution in [0.2, 0.25) is 0 Å². The summed E-state index contributed by atoms with van der Waals surface area (Å²) >= 11 is 0. The number of aliphatic hydroxyl groups excluding tert-OH is 1. The fourth-order valence-corrected chi connectivity index (χ4v) is 1.75. The van der Waals surface area contributed by atoms with Gasteiger partial charge in [-0.15, -0.1) is 0 Å². The first-order valence-corrected chi connectivity index (χ1v) is 5.75. The summed E-state index contributed by atoms with van der Waals surface area (Å²) < 4.78 is 31.4. The molecule has 0 aliphatic carbocycles. The van der Waals surface area contributed by atoms with Gasteiger partial charge in [0.2, 0.25) is 0 Å². The zero-order valence-electron chi connectivity index (χ0n) is 10.4. The van der Waals surface area contributed by atoms with Gasteiger partial charge < -0.3 is 9.84 Å². The molecule has 1 aromatic heterocycles. The van der Waals surface area contributed by atoms with Crippen LogP contribution in [0.3, 0.4) is 0 Å². The number of benzene rings is 1. The Morgan fingerprint density at radius 1 is 1.42 bits per heavy atom. The monoisotopic (exact) mass is 268 g/mol. The van der Waals surface area contributed by atoms with Crippen LogP contribution in [0.25, 0.3) is 0 Å². The van der Waals surface area contributed by atoms with Gasteiger partial charge in [-0.3, -0.25) is 4.57 Å². The van der Waals surface area contributed by atoms with Crippen molar-refractivity contribution in [1.29, 1.82) is 0 Å². The largest absolute Gasteiger partial charge is 0.485 e. The molecule has 0 fully saturated rings. The molecule has 19 heavy (non-hydrogen) atoms. The molecule has 0 spiro atoms. The summed E-state index contributed by atoms with van der Waals surface area (Å²) in [6.45, 7) is -0.989. The van der Waals surface area contributed by atoms with Crippen LogP contribution in [0.5, 0.6) is 5.75 Å². The Hall–Kier alpha value is -1.95. The van der Waals surface area contributed by atoms with E-state index in [1.165, 1.54) is 12.4 Å². The summed E-state index contributed by atoms with van der Waals surface area (Å²) in [5.74, 6) is 0.608. The molecule has 6 heteroatoms. The molecular weight excluding hydrogens is 254 g/mol. The highest BCUT2D eigenvalue weighted by atomic mass is 19.3. The highest BCUT2D eigenvalue weighted by molar-refractivity contribution is 5.36. The Balaban J connectivity index is 2.12. The molecule has 1 N–H and O–H groups in total. The summed E-state index contributed by atoms with van der Waals surface area (Å²) in [6.07, 6.45) is 2.50. The Morgan fingerprint density at radius 3 is 2.89 bits per heavy atom. The van der Waals surface area contributed by atoms with Crippen molar-refractivity contribution in [2.45, 2.75) is 26.7 Å². The summed E-state index contributed by atoms with van der Waals surface area (Å²) in [7, 11) is 0. The predicted molar refractivity (Wildman–Crippen MR) is 64.9 cm³/mol. The van der Waals surface area contributed by atoms with Gasteiger partial charge in [0, 0.05) is 18.0 Å². The maximum absolute atomic E-state index is 12.6. The van der Waals surface area contributed by atoms with Gasteiger partial charge in [-0.25, -0.2) is 4.98 Å². The lowest BCUT2D eigenvalue weighted by Crippen LogP contribution is -2.08. The Morgan fingerprint density at radius 2 is 2.21 bits per heavy atom. The number of ether oxygens (including phenoxy) is 1.